The Morgan fingerprint density at radius 2 is 2.00 bits per heavy atom. The molecule has 0 aliphatic heterocycles. The van der Waals surface area contributed by atoms with Crippen molar-refractivity contribution >= 4 is 29.1 Å². The SMILES string of the molecule is Cc1cc(Cl)ccc1NC(=O)c1cnc(N(C)C)nc1C. The molecule has 2 aromatic rings. The number of anilines is 2. The molecule has 0 bridgehead atoms. The van der Waals surface area contributed by atoms with Crippen LogP contribution in [0.1, 0.15) is 21.6 Å². The summed E-state index contributed by atoms with van der Waals surface area (Å²) in [4.78, 5) is 22.6. The summed E-state index contributed by atoms with van der Waals surface area (Å²) >= 11 is 5.91. The number of halogens is 1. The average Bonchev–Trinajstić information content (AvgIpc) is 2.41. The molecular formula is C15H17ClN4O. The first-order chi connectivity index (χ1) is 9.88. The number of rotatable bonds is 3. The maximum atomic E-state index is 12.3. The summed E-state index contributed by atoms with van der Waals surface area (Å²) < 4.78 is 0. The fourth-order valence-corrected chi connectivity index (χ4v) is 2.08. The molecule has 1 aromatic carbocycles. The van der Waals surface area contributed by atoms with E-state index in [-0.39, 0.29) is 5.91 Å². The Hall–Kier alpha value is -2.14. The highest BCUT2D eigenvalue weighted by Crippen LogP contribution is 2.20. The van der Waals surface area contributed by atoms with Crippen molar-refractivity contribution in [2.75, 3.05) is 24.3 Å². The lowest BCUT2D eigenvalue weighted by atomic mass is 10.1. The van der Waals surface area contributed by atoms with Gasteiger partial charge in [0.25, 0.3) is 5.91 Å². The van der Waals surface area contributed by atoms with Gasteiger partial charge < -0.3 is 10.2 Å². The zero-order chi connectivity index (χ0) is 15.6. The summed E-state index contributed by atoms with van der Waals surface area (Å²) in [7, 11) is 3.71. The van der Waals surface area contributed by atoms with E-state index in [1.807, 2.05) is 21.0 Å². The summed E-state index contributed by atoms with van der Waals surface area (Å²) in [5.41, 5.74) is 2.72. The molecule has 1 heterocycles. The lowest BCUT2D eigenvalue weighted by Crippen LogP contribution is -2.18. The van der Waals surface area contributed by atoms with Crippen LogP contribution in [0.3, 0.4) is 0 Å². The lowest BCUT2D eigenvalue weighted by molar-refractivity contribution is 0.102. The molecule has 0 spiro atoms. The van der Waals surface area contributed by atoms with Gasteiger partial charge in [-0.25, -0.2) is 9.97 Å². The number of carbonyl (C=O) groups is 1. The Morgan fingerprint density at radius 3 is 2.57 bits per heavy atom. The largest absolute Gasteiger partial charge is 0.347 e. The van der Waals surface area contributed by atoms with Crippen molar-refractivity contribution in [3.8, 4) is 0 Å². The van der Waals surface area contributed by atoms with Crippen molar-refractivity contribution < 1.29 is 4.79 Å². The van der Waals surface area contributed by atoms with Gasteiger partial charge in [0.15, 0.2) is 0 Å². The van der Waals surface area contributed by atoms with Crippen LogP contribution in [-0.4, -0.2) is 30.0 Å². The van der Waals surface area contributed by atoms with Crippen LogP contribution in [0.2, 0.25) is 5.02 Å². The first-order valence-corrected chi connectivity index (χ1v) is 6.84. The summed E-state index contributed by atoms with van der Waals surface area (Å²) in [5, 5.41) is 3.49. The van der Waals surface area contributed by atoms with E-state index in [4.69, 9.17) is 11.6 Å². The Morgan fingerprint density at radius 1 is 1.29 bits per heavy atom. The van der Waals surface area contributed by atoms with Gasteiger partial charge in [0.1, 0.15) is 0 Å². The Kier molecular flexibility index (Phi) is 4.43. The summed E-state index contributed by atoms with van der Waals surface area (Å²) in [6.45, 7) is 3.68. The van der Waals surface area contributed by atoms with Crippen LogP contribution in [0.4, 0.5) is 11.6 Å². The second-order valence-electron chi connectivity index (χ2n) is 4.98. The standard InChI is InChI=1S/C15H17ClN4O/c1-9-7-11(16)5-6-13(9)19-14(21)12-8-17-15(20(3)4)18-10(12)2/h5-8H,1-4H3,(H,19,21). The van der Waals surface area contributed by atoms with Crippen molar-refractivity contribution in [1.29, 1.82) is 0 Å². The van der Waals surface area contributed by atoms with E-state index in [1.54, 1.807) is 30.0 Å². The highest BCUT2D eigenvalue weighted by atomic mass is 35.5. The number of aryl methyl sites for hydroxylation is 2. The van der Waals surface area contributed by atoms with E-state index in [2.05, 4.69) is 15.3 Å². The van der Waals surface area contributed by atoms with Crippen LogP contribution in [-0.2, 0) is 0 Å². The van der Waals surface area contributed by atoms with Crippen LogP contribution in [0.5, 0.6) is 0 Å². The molecule has 1 aromatic heterocycles. The van der Waals surface area contributed by atoms with Gasteiger partial charge in [-0.3, -0.25) is 4.79 Å². The molecule has 0 radical (unpaired) electrons. The topological polar surface area (TPSA) is 58.1 Å². The van der Waals surface area contributed by atoms with Crippen LogP contribution in [0, 0.1) is 13.8 Å². The van der Waals surface area contributed by atoms with Crippen LogP contribution >= 0.6 is 11.6 Å². The molecule has 6 heteroatoms. The number of nitrogens with one attached hydrogen (secondary N) is 1. The van der Waals surface area contributed by atoms with Crippen molar-refractivity contribution in [2.24, 2.45) is 0 Å². The van der Waals surface area contributed by atoms with E-state index in [9.17, 15) is 4.79 Å². The minimum atomic E-state index is -0.233. The Balaban J connectivity index is 2.24. The monoisotopic (exact) mass is 304 g/mol. The number of aromatic nitrogens is 2. The number of hydrogen-bond donors (Lipinski definition) is 1. The number of amides is 1. The maximum absolute atomic E-state index is 12.3. The van der Waals surface area contributed by atoms with Crippen LogP contribution in [0.15, 0.2) is 24.4 Å². The molecule has 0 aliphatic rings. The van der Waals surface area contributed by atoms with Gasteiger partial charge in [0, 0.05) is 31.0 Å². The number of hydrogen-bond acceptors (Lipinski definition) is 4. The van der Waals surface area contributed by atoms with Crippen LogP contribution in [0.25, 0.3) is 0 Å². The van der Waals surface area contributed by atoms with Gasteiger partial charge in [0.05, 0.1) is 11.3 Å². The van der Waals surface area contributed by atoms with E-state index < -0.39 is 0 Å². The highest BCUT2D eigenvalue weighted by Gasteiger charge is 2.13. The average molecular weight is 305 g/mol. The first-order valence-electron chi connectivity index (χ1n) is 6.47. The molecule has 0 unspecified atom stereocenters. The molecule has 110 valence electrons. The van der Waals surface area contributed by atoms with Crippen LogP contribution < -0.4 is 10.2 Å². The normalized spacial score (nSPS) is 10.3. The molecule has 0 fully saturated rings. The van der Waals surface area contributed by atoms with Crippen molar-refractivity contribution in [3.63, 3.8) is 0 Å². The highest BCUT2D eigenvalue weighted by molar-refractivity contribution is 6.30. The summed E-state index contributed by atoms with van der Waals surface area (Å²) in [6.07, 6.45) is 1.54. The quantitative estimate of drug-likeness (QED) is 0.947. The minimum Gasteiger partial charge on any atom is -0.347 e. The number of carbonyl (C=O) groups excluding carboxylic acids is 1. The minimum absolute atomic E-state index is 0.233. The van der Waals surface area contributed by atoms with Gasteiger partial charge >= 0.3 is 0 Å². The summed E-state index contributed by atoms with van der Waals surface area (Å²) in [5.74, 6) is 0.343. The molecule has 21 heavy (non-hydrogen) atoms. The van der Waals surface area contributed by atoms with Crippen molar-refractivity contribution in [1.82, 2.24) is 9.97 Å². The number of benzene rings is 1. The van der Waals surface area contributed by atoms with Crippen molar-refractivity contribution in [3.05, 3.63) is 46.2 Å². The van der Waals surface area contributed by atoms with Gasteiger partial charge in [-0.05, 0) is 37.6 Å². The predicted molar refractivity (Wildman–Crippen MR) is 85.2 cm³/mol. The second-order valence-corrected chi connectivity index (χ2v) is 5.41. The third-order valence-electron chi connectivity index (χ3n) is 3.05. The Bertz CT molecular complexity index is 685. The molecule has 2 rings (SSSR count). The molecule has 0 saturated heterocycles. The molecule has 1 N–H and O–H groups in total. The van der Waals surface area contributed by atoms with E-state index in [1.165, 1.54) is 6.20 Å². The van der Waals surface area contributed by atoms with E-state index in [0.29, 0.717) is 22.2 Å². The molecule has 1 amide bonds. The van der Waals surface area contributed by atoms with E-state index >= 15 is 0 Å². The molecule has 5 nitrogen and oxygen atoms in total. The maximum Gasteiger partial charge on any atom is 0.259 e. The lowest BCUT2D eigenvalue weighted by Gasteiger charge is -2.13. The van der Waals surface area contributed by atoms with E-state index in [0.717, 1.165) is 11.3 Å². The van der Waals surface area contributed by atoms with Gasteiger partial charge in [-0.2, -0.15) is 0 Å². The fraction of sp³-hybridized carbons (Fsp3) is 0.267. The summed E-state index contributed by atoms with van der Waals surface area (Å²) in [6, 6.07) is 5.32. The second kappa shape index (κ2) is 6.10. The zero-order valence-electron chi connectivity index (χ0n) is 12.4. The number of nitrogens with zero attached hydrogens (tertiary/aromatic N) is 3. The molecule has 0 atom stereocenters. The fourth-order valence-electron chi connectivity index (χ4n) is 1.85. The molecule has 0 saturated carbocycles. The van der Waals surface area contributed by atoms with Gasteiger partial charge in [-0.1, -0.05) is 11.6 Å². The zero-order valence-corrected chi connectivity index (χ0v) is 13.2. The van der Waals surface area contributed by atoms with Gasteiger partial charge in [-0.15, -0.1) is 0 Å². The Labute approximate surface area is 129 Å². The smallest absolute Gasteiger partial charge is 0.259 e. The molecular weight excluding hydrogens is 288 g/mol. The first kappa shape index (κ1) is 15.3. The third kappa shape index (κ3) is 3.49. The van der Waals surface area contributed by atoms with Crippen molar-refractivity contribution in [2.45, 2.75) is 13.8 Å². The van der Waals surface area contributed by atoms with Gasteiger partial charge in [0.2, 0.25) is 5.95 Å². The predicted octanol–water partition coefficient (Wildman–Crippen LogP) is 3.07. The molecule has 0 aliphatic carbocycles. The third-order valence-corrected chi connectivity index (χ3v) is 3.28.